The molecule has 1 saturated heterocycles. The number of anilines is 2. The van der Waals surface area contributed by atoms with Gasteiger partial charge in [-0.2, -0.15) is 13.9 Å². The average Bonchev–Trinajstić information content (AvgIpc) is 3.40. The van der Waals surface area contributed by atoms with Crippen LogP contribution in [0.25, 0.3) is 16.9 Å². The fourth-order valence-corrected chi connectivity index (χ4v) is 5.92. The molecule has 36 heavy (non-hydrogen) atoms. The molecule has 0 radical (unpaired) electrons. The number of nitrogens with one attached hydrogen (secondary N) is 1. The van der Waals surface area contributed by atoms with Crippen LogP contribution < -0.4 is 5.32 Å². The number of halogens is 1. The maximum atomic E-state index is 14.5. The molecule has 188 valence electrons. The molecule has 1 saturated carbocycles. The molecule has 1 N–H and O–H groups in total. The van der Waals surface area contributed by atoms with E-state index in [2.05, 4.69) is 10.3 Å². The van der Waals surface area contributed by atoms with Crippen LogP contribution in [-0.4, -0.2) is 40.4 Å². The Morgan fingerprint density at radius 3 is 2.33 bits per heavy atom. The largest absolute Gasteiger partial charge is 0.340 e. The lowest BCUT2D eigenvalue weighted by Gasteiger charge is -2.16. The minimum Gasteiger partial charge on any atom is -0.340 e. The molecular formula is C27H30FN5O2S. The van der Waals surface area contributed by atoms with Gasteiger partial charge in [-0.3, -0.25) is 0 Å². The highest BCUT2D eigenvalue weighted by Gasteiger charge is 2.28. The molecule has 0 atom stereocenters. The van der Waals surface area contributed by atoms with Gasteiger partial charge in [0, 0.05) is 42.4 Å². The number of benzene rings is 2. The highest BCUT2D eigenvalue weighted by atomic mass is 32.2. The monoisotopic (exact) mass is 507 g/mol. The van der Waals surface area contributed by atoms with Crippen LogP contribution in [0, 0.1) is 5.82 Å². The zero-order valence-electron chi connectivity index (χ0n) is 20.5. The number of fused-ring (bicyclic) bond motifs is 1. The van der Waals surface area contributed by atoms with E-state index in [0.29, 0.717) is 47.4 Å². The summed E-state index contributed by atoms with van der Waals surface area (Å²) in [5, 5.41) is 8.06. The van der Waals surface area contributed by atoms with Gasteiger partial charge in [0.25, 0.3) is 0 Å². The van der Waals surface area contributed by atoms with Crippen LogP contribution in [0.1, 0.15) is 51.1 Å². The van der Waals surface area contributed by atoms with Crippen LogP contribution in [0.5, 0.6) is 0 Å². The minimum absolute atomic E-state index is 0.280. The standard InChI is InChI=1S/C25H24FN5O2S.C2H6/c26-21-6-2-1-5-20(21)23-16-24(31-25(28-23)15-22(29-31)17-7-8-17)27-18-9-11-19(12-10-18)34(32,33)30-13-3-4-14-30;1-2/h1-2,5-6,9-12,15-17,27H,3-4,7-8,13-14H2;1-2H3. The van der Waals surface area contributed by atoms with Crippen molar-refractivity contribution < 1.29 is 12.8 Å². The molecule has 2 aromatic heterocycles. The van der Waals surface area contributed by atoms with E-state index in [1.807, 2.05) is 19.9 Å². The lowest BCUT2D eigenvalue weighted by Crippen LogP contribution is -2.27. The summed E-state index contributed by atoms with van der Waals surface area (Å²) in [7, 11) is -3.47. The van der Waals surface area contributed by atoms with Crippen molar-refractivity contribution in [2.45, 2.75) is 50.3 Å². The summed E-state index contributed by atoms with van der Waals surface area (Å²) >= 11 is 0. The molecule has 9 heteroatoms. The van der Waals surface area contributed by atoms with Gasteiger partial charge in [-0.25, -0.2) is 17.8 Å². The van der Waals surface area contributed by atoms with Crippen molar-refractivity contribution in [3.63, 3.8) is 0 Å². The Hall–Kier alpha value is -3.30. The number of nitrogens with zero attached hydrogens (tertiary/aromatic N) is 4. The van der Waals surface area contributed by atoms with Crippen LogP contribution in [0.15, 0.2) is 65.6 Å². The SMILES string of the molecule is CC.O=S(=O)(c1ccc(Nc2cc(-c3ccccc3F)nc3cc(C4CC4)nn23)cc1)N1CCCC1. The number of hydrogen-bond donors (Lipinski definition) is 1. The van der Waals surface area contributed by atoms with Gasteiger partial charge in [0.1, 0.15) is 11.6 Å². The van der Waals surface area contributed by atoms with E-state index >= 15 is 0 Å². The minimum atomic E-state index is -3.47. The molecule has 4 aromatic rings. The summed E-state index contributed by atoms with van der Waals surface area (Å²) < 4.78 is 43.4. The zero-order chi connectivity index (χ0) is 25.3. The van der Waals surface area contributed by atoms with Crippen molar-refractivity contribution in [3.05, 3.63) is 72.2 Å². The predicted molar refractivity (Wildman–Crippen MR) is 139 cm³/mol. The van der Waals surface area contributed by atoms with Crippen LogP contribution in [0.4, 0.5) is 15.9 Å². The van der Waals surface area contributed by atoms with Gasteiger partial charge in [-0.15, -0.1) is 0 Å². The van der Waals surface area contributed by atoms with E-state index in [9.17, 15) is 12.8 Å². The van der Waals surface area contributed by atoms with Crippen LogP contribution in [0.2, 0.25) is 0 Å². The van der Waals surface area contributed by atoms with Crippen molar-refractivity contribution in [2.24, 2.45) is 0 Å². The lowest BCUT2D eigenvalue weighted by atomic mass is 10.1. The summed E-state index contributed by atoms with van der Waals surface area (Å²) in [6.45, 7) is 5.14. The van der Waals surface area contributed by atoms with E-state index < -0.39 is 10.0 Å². The summed E-state index contributed by atoms with van der Waals surface area (Å²) in [6, 6.07) is 17.0. The Balaban J connectivity index is 0.00000130. The molecule has 3 heterocycles. The maximum Gasteiger partial charge on any atom is 0.243 e. The normalized spacial score (nSPS) is 16.1. The van der Waals surface area contributed by atoms with Crippen molar-refractivity contribution in [2.75, 3.05) is 18.4 Å². The number of aromatic nitrogens is 3. The second-order valence-corrected chi connectivity index (χ2v) is 10.8. The molecular weight excluding hydrogens is 477 g/mol. The van der Waals surface area contributed by atoms with Crippen molar-refractivity contribution in [1.29, 1.82) is 0 Å². The first kappa shape index (κ1) is 24.4. The number of rotatable bonds is 6. The fourth-order valence-electron chi connectivity index (χ4n) is 4.40. The fraction of sp³-hybridized carbons (Fsp3) is 0.333. The van der Waals surface area contributed by atoms with Crippen molar-refractivity contribution in [3.8, 4) is 11.3 Å². The van der Waals surface area contributed by atoms with Crippen LogP contribution >= 0.6 is 0 Å². The molecule has 7 nitrogen and oxygen atoms in total. The van der Waals surface area contributed by atoms with Crippen molar-refractivity contribution >= 4 is 27.2 Å². The Labute approximate surface area is 211 Å². The Bertz CT molecular complexity index is 1470. The zero-order valence-corrected chi connectivity index (χ0v) is 21.3. The molecule has 2 aliphatic rings. The molecule has 0 bridgehead atoms. The average molecular weight is 508 g/mol. The van der Waals surface area contributed by atoms with E-state index in [1.165, 1.54) is 10.4 Å². The first-order valence-corrected chi connectivity index (χ1v) is 14.0. The maximum absolute atomic E-state index is 14.5. The molecule has 2 fully saturated rings. The van der Waals surface area contributed by atoms with Crippen molar-refractivity contribution in [1.82, 2.24) is 18.9 Å². The summed E-state index contributed by atoms with van der Waals surface area (Å²) in [6.07, 6.45) is 4.02. The third-order valence-electron chi connectivity index (χ3n) is 6.42. The first-order chi connectivity index (χ1) is 17.5. The van der Waals surface area contributed by atoms with Gasteiger partial charge < -0.3 is 5.32 Å². The Morgan fingerprint density at radius 2 is 1.67 bits per heavy atom. The van der Waals surface area contributed by atoms with Crippen LogP contribution in [0.3, 0.4) is 0 Å². The molecule has 1 aliphatic heterocycles. The Kier molecular flexibility index (Phi) is 6.77. The summed E-state index contributed by atoms with van der Waals surface area (Å²) in [4.78, 5) is 4.95. The lowest BCUT2D eigenvalue weighted by molar-refractivity contribution is 0.477. The van der Waals surface area contributed by atoms with Crippen LogP contribution in [-0.2, 0) is 10.0 Å². The topological polar surface area (TPSA) is 79.6 Å². The highest BCUT2D eigenvalue weighted by molar-refractivity contribution is 7.89. The molecule has 0 unspecified atom stereocenters. The van der Waals surface area contributed by atoms with E-state index in [0.717, 1.165) is 31.4 Å². The molecule has 2 aromatic carbocycles. The van der Waals surface area contributed by atoms with E-state index in [-0.39, 0.29) is 10.7 Å². The second-order valence-electron chi connectivity index (χ2n) is 8.88. The third-order valence-corrected chi connectivity index (χ3v) is 8.33. The van der Waals surface area contributed by atoms with Gasteiger partial charge >= 0.3 is 0 Å². The quantitative estimate of drug-likeness (QED) is 0.348. The van der Waals surface area contributed by atoms with Gasteiger partial charge in [0.05, 0.1) is 16.3 Å². The van der Waals surface area contributed by atoms with Gasteiger partial charge in [-0.05, 0) is 62.1 Å². The number of hydrogen-bond acceptors (Lipinski definition) is 5. The summed E-state index contributed by atoms with van der Waals surface area (Å²) in [5.41, 5.74) is 3.24. The smallest absolute Gasteiger partial charge is 0.243 e. The first-order valence-electron chi connectivity index (χ1n) is 12.5. The molecule has 0 amide bonds. The summed E-state index contributed by atoms with van der Waals surface area (Å²) in [5.74, 6) is 0.732. The number of sulfonamides is 1. The van der Waals surface area contributed by atoms with Gasteiger partial charge in [0.2, 0.25) is 10.0 Å². The molecule has 6 rings (SSSR count). The second kappa shape index (κ2) is 9.99. The molecule has 1 aliphatic carbocycles. The third kappa shape index (κ3) is 4.73. The van der Waals surface area contributed by atoms with Gasteiger partial charge in [0.15, 0.2) is 5.65 Å². The highest BCUT2D eigenvalue weighted by Crippen LogP contribution is 2.40. The van der Waals surface area contributed by atoms with E-state index in [4.69, 9.17) is 5.10 Å². The Morgan fingerprint density at radius 1 is 0.972 bits per heavy atom. The predicted octanol–water partition coefficient (Wildman–Crippen LogP) is 5.97. The molecule has 0 spiro atoms. The van der Waals surface area contributed by atoms with E-state index in [1.54, 1.807) is 53.0 Å². The van der Waals surface area contributed by atoms with Gasteiger partial charge in [-0.1, -0.05) is 26.0 Å².